The predicted octanol–water partition coefficient (Wildman–Crippen LogP) is 1.76. The fourth-order valence-corrected chi connectivity index (χ4v) is 4.55. The Morgan fingerprint density at radius 3 is 2.96 bits per heavy atom. The minimum atomic E-state index is -0.0575. The summed E-state index contributed by atoms with van der Waals surface area (Å²) in [5, 5.41) is 3.22. The number of hydrogen-bond acceptors (Lipinski definition) is 5. The predicted molar refractivity (Wildman–Crippen MR) is 91.3 cm³/mol. The third-order valence-electron chi connectivity index (χ3n) is 6.03. The van der Waals surface area contributed by atoms with Gasteiger partial charge in [0.2, 0.25) is 0 Å². The molecule has 6 heteroatoms. The zero-order valence-electron chi connectivity index (χ0n) is 14.3. The average molecular weight is 329 g/mol. The molecule has 4 atom stereocenters. The number of aromatic nitrogens is 2. The number of fused-ring (bicyclic) bond motifs is 1. The molecule has 6 nitrogen and oxygen atoms in total. The van der Waals surface area contributed by atoms with Gasteiger partial charge in [0.1, 0.15) is 11.5 Å². The van der Waals surface area contributed by atoms with Crippen LogP contribution in [0.1, 0.15) is 67.7 Å². The van der Waals surface area contributed by atoms with E-state index < -0.39 is 0 Å². The van der Waals surface area contributed by atoms with Crippen LogP contribution in [-0.2, 0) is 0 Å². The lowest BCUT2D eigenvalue weighted by Crippen LogP contribution is -2.49. The topological polar surface area (TPSA) is 78.9 Å². The van der Waals surface area contributed by atoms with Crippen LogP contribution >= 0.6 is 0 Å². The summed E-state index contributed by atoms with van der Waals surface area (Å²) in [6.07, 6.45) is 8.64. The standard InChI is InChI=1S/C18H27N5O/c1-11-8-13-10-20-23-16(13)9-15(11)22-18(24)14-6-7-19-17(21-14)12-4-2-3-5-12/h6-7,11-13,15-16,20,23H,2-5,8-10H2,1H3,(H,22,24). The van der Waals surface area contributed by atoms with E-state index in [0.717, 1.165) is 38.1 Å². The Morgan fingerprint density at radius 2 is 2.12 bits per heavy atom. The van der Waals surface area contributed by atoms with E-state index in [0.29, 0.717) is 29.5 Å². The largest absolute Gasteiger partial charge is 0.348 e. The highest BCUT2D eigenvalue weighted by Crippen LogP contribution is 2.32. The number of nitrogens with one attached hydrogen (secondary N) is 3. The normalized spacial score (nSPS) is 33.4. The van der Waals surface area contributed by atoms with Gasteiger partial charge < -0.3 is 5.32 Å². The van der Waals surface area contributed by atoms with Gasteiger partial charge in [0, 0.05) is 30.7 Å². The van der Waals surface area contributed by atoms with Gasteiger partial charge in [-0.25, -0.2) is 9.97 Å². The first-order chi connectivity index (χ1) is 11.7. The van der Waals surface area contributed by atoms with E-state index in [1.54, 1.807) is 12.3 Å². The van der Waals surface area contributed by atoms with Crippen LogP contribution in [0, 0.1) is 11.8 Å². The van der Waals surface area contributed by atoms with E-state index >= 15 is 0 Å². The van der Waals surface area contributed by atoms with E-state index in [1.165, 1.54) is 12.8 Å². The smallest absolute Gasteiger partial charge is 0.270 e. The zero-order valence-corrected chi connectivity index (χ0v) is 14.3. The molecule has 0 bridgehead atoms. The molecule has 4 rings (SSSR count). The first-order valence-electron chi connectivity index (χ1n) is 9.33. The number of rotatable bonds is 3. The van der Waals surface area contributed by atoms with Crippen LogP contribution in [0.3, 0.4) is 0 Å². The summed E-state index contributed by atoms with van der Waals surface area (Å²) in [6, 6.07) is 2.40. The van der Waals surface area contributed by atoms with Crippen LogP contribution in [0.15, 0.2) is 12.3 Å². The second-order valence-electron chi connectivity index (χ2n) is 7.70. The summed E-state index contributed by atoms with van der Waals surface area (Å²) in [5.41, 5.74) is 7.10. The minimum absolute atomic E-state index is 0.0575. The summed E-state index contributed by atoms with van der Waals surface area (Å²) in [7, 11) is 0. The van der Waals surface area contributed by atoms with Gasteiger partial charge >= 0.3 is 0 Å². The Bertz CT molecular complexity index is 601. The Balaban J connectivity index is 1.43. The van der Waals surface area contributed by atoms with E-state index in [9.17, 15) is 4.79 Å². The van der Waals surface area contributed by atoms with Crippen LogP contribution in [0.2, 0.25) is 0 Å². The van der Waals surface area contributed by atoms with Gasteiger partial charge in [-0.2, -0.15) is 0 Å². The second-order valence-corrected chi connectivity index (χ2v) is 7.70. The van der Waals surface area contributed by atoms with Crippen LogP contribution in [-0.4, -0.2) is 34.5 Å². The molecule has 24 heavy (non-hydrogen) atoms. The first-order valence-corrected chi connectivity index (χ1v) is 9.33. The third-order valence-corrected chi connectivity index (χ3v) is 6.03. The van der Waals surface area contributed by atoms with Crippen molar-refractivity contribution in [2.45, 2.75) is 63.5 Å². The number of amides is 1. The molecule has 3 aliphatic rings. The van der Waals surface area contributed by atoms with Crippen molar-refractivity contribution in [2.75, 3.05) is 6.54 Å². The fraction of sp³-hybridized carbons (Fsp3) is 0.722. The summed E-state index contributed by atoms with van der Waals surface area (Å²) >= 11 is 0. The van der Waals surface area contributed by atoms with Crippen molar-refractivity contribution >= 4 is 5.91 Å². The molecule has 0 spiro atoms. The summed E-state index contributed by atoms with van der Waals surface area (Å²) in [6.45, 7) is 3.27. The minimum Gasteiger partial charge on any atom is -0.348 e. The van der Waals surface area contributed by atoms with Crippen LogP contribution < -0.4 is 16.2 Å². The molecule has 3 fully saturated rings. The maximum Gasteiger partial charge on any atom is 0.270 e. The molecule has 2 aliphatic carbocycles. The monoisotopic (exact) mass is 329 g/mol. The molecule has 1 aromatic heterocycles. The van der Waals surface area contributed by atoms with Crippen molar-refractivity contribution < 1.29 is 4.79 Å². The SMILES string of the molecule is CC1CC2CNNC2CC1NC(=O)c1ccnc(C2CCCC2)n1. The maximum atomic E-state index is 12.7. The Kier molecular flexibility index (Phi) is 4.50. The second kappa shape index (κ2) is 6.76. The van der Waals surface area contributed by atoms with Crippen molar-refractivity contribution in [1.29, 1.82) is 0 Å². The van der Waals surface area contributed by atoms with Crippen LogP contribution in [0.25, 0.3) is 0 Å². The molecule has 1 aromatic rings. The lowest BCUT2D eigenvalue weighted by molar-refractivity contribution is 0.0886. The van der Waals surface area contributed by atoms with Crippen LogP contribution in [0.4, 0.5) is 0 Å². The highest BCUT2D eigenvalue weighted by molar-refractivity contribution is 5.92. The molecule has 3 N–H and O–H groups in total. The molecule has 1 amide bonds. The molecular weight excluding hydrogens is 302 g/mol. The Hall–Kier alpha value is -1.53. The quantitative estimate of drug-likeness (QED) is 0.787. The highest BCUT2D eigenvalue weighted by Gasteiger charge is 2.38. The molecule has 1 aliphatic heterocycles. The lowest BCUT2D eigenvalue weighted by Gasteiger charge is -2.36. The third kappa shape index (κ3) is 3.17. The zero-order chi connectivity index (χ0) is 16.5. The van der Waals surface area contributed by atoms with E-state index in [4.69, 9.17) is 0 Å². The van der Waals surface area contributed by atoms with Crippen molar-refractivity contribution in [3.63, 3.8) is 0 Å². The van der Waals surface area contributed by atoms with Gasteiger partial charge in [-0.3, -0.25) is 15.6 Å². The van der Waals surface area contributed by atoms with Gasteiger partial charge in [0.05, 0.1) is 0 Å². The van der Waals surface area contributed by atoms with Crippen molar-refractivity contribution in [2.24, 2.45) is 11.8 Å². The maximum absolute atomic E-state index is 12.7. The summed E-state index contributed by atoms with van der Waals surface area (Å²) in [5.74, 6) is 2.39. The molecule has 2 heterocycles. The van der Waals surface area contributed by atoms with Crippen molar-refractivity contribution in [1.82, 2.24) is 26.1 Å². The van der Waals surface area contributed by atoms with Gasteiger partial charge in [-0.1, -0.05) is 19.8 Å². The lowest BCUT2D eigenvalue weighted by atomic mass is 9.76. The average Bonchev–Trinajstić information content (AvgIpc) is 3.26. The number of carbonyl (C=O) groups is 1. The first kappa shape index (κ1) is 16.0. The van der Waals surface area contributed by atoms with E-state index in [-0.39, 0.29) is 11.9 Å². The molecular formula is C18H27N5O. The van der Waals surface area contributed by atoms with E-state index in [1.807, 2.05) is 0 Å². The van der Waals surface area contributed by atoms with Gasteiger partial charge in [-0.05, 0) is 43.6 Å². The number of hydrogen-bond donors (Lipinski definition) is 3. The molecule has 1 saturated heterocycles. The van der Waals surface area contributed by atoms with Gasteiger partial charge in [-0.15, -0.1) is 0 Å². The van der Waals surface area contributed by atoms with Crippen LogP contribution in [0.5, 0.6) is 0 Å². The number of carbonyl (C=O) groups excluding carboxylic acids is 1. The summed E-state index contributed by atoms with van der Waals surface area (Å²) < 4.78 is 0. The molecule has 4 unspecified atom stereocenters. The Morgan fingerprint density at radius 1 is 1.29 bits per heavy atom. The van der Waals surface area contributed by atoms with Crippen molar-refractivity contribution in [3.8, 4) is 0 Å². The number of nitrogens with zero attached hydrogens (tertiary/aromatic N) is 2. The van der Waals surface area contributed by atoms with E-state index in [2.05, 4.69) is 33.1 Å². The molecule has 2 saturated carbocycles. The number of hydrazine groups is 1. The highest BCUT2D eigenvalue weighted by atomic mass is 16.1. The van der Waals surface area contributed by atoms with Gasteiger partial charge in [0.15, 0.2) is 0 Å². The molecule has 130 valence electrons. The molecule has 0 radical (unpaired) electrons. The summed E-state index contributed by atoms with van der Waals surface area (Å²) in [4.78, 5) is 21.6. The van der Waals surface area contributed by atoms with Gasteiger partial charge in [0.25, 0.3) is 5.91 Å². The fourth-order valence-electron chi connectivity index (χ4n) is 4.55. The molecule has 0 aromatic carbocycles. The Labute approximate surface area is 143 Å². The van der Waals surface area contributed by atoms with Crippen molar-refractivity contribution in [3.05, 3.63) is 23.8 Å².